The van der Waals surface area contributed by atoms with Gasteiger partial charge in [0.2, 0.25) is 0 Å². The maximum atomic E-state index is 3.71. The van der Waals surface area contributed by atoms with Crippen molar-refractivity contribution in [1.82, 2.24) is 10.2 Å². The van der Waals surface area contributed by atoms with Crippen LogP contribution in [-0.4, -0.2) is 37.6 Å². The van der Waals surface area contributed by atoms with Gasteiger partial charge in [-0.3, -0.25) is 0 Å². The molecule has 20 heavy (non-hydrogen) atoms. The van der Waals surface area contributed by atoms with Crippen LogP contribution in [0.3, 0.4) is 0 Å². The summed E-state index contributed by atoms with van der Waals surface area (Å²) < 4.78 is 0. The van der Waals surface area contributed by atoms with E-state index in [0.29, 0.717) is 5.41 Å². The van der Waals surface area contributed by atoms with Crippen molar-refractivity contribution < 1.29 is 0 Å². The molecule has 1 aliphatic rings. The van der Waals surface area contributed by atoms with Crippen LogP contribution in [0.15, 0.2) is 0 Å². The van der Waals surface area contributed by atoms with Crippen molar-refractivity contribution in [2.75, 3.05) is 32.7 Å². The SMILES string of the molecule is CCC1CCN(CC(CC)(CC)CNCC(C)C)CC1. The molecule has 0 unspecified atom stereocenters. The molecule has 0 aromatic rings. The van der Waals surface area contributed by atoms with Gasteiger partial charge < -0.3 is 10.2 Å². The monoisotopic (exact) mass is 282 g/mol. The second-order valence-corrected chi connectivity index (χ2v) is 7.36. The van der Waals surface area contributed by atoms with Gasteiger partial charge in [-0.2, -0.15) is 0 Å². The van der Waals surface area contributed by atoms with Crippen LogP contribution >= 0.6 is 0 Å². The van der Waals surface area contributed by atoms with Crippen LogP contribution < -0.4 is 5.32 Å². The van der Waals surface area contributed by atoms with Crippen LogP contribution in [0.4, 0.5) is 0 Å². The van der Waals surface area contributed by atoms with E-state index in [4.69, 9.17) is 0 Å². The first-order valence-corrected chi connectivity index (χ1v) is 8.98. The Morgan fingerprint density at radius 3 is 2.15 bits per heavy atom. The lowest BCUT2D eigenvalue weighted by Gasteiger charge is -2.40. The summed E-state index contributed by atoms with van der Waals surface area (Å²) in [7, 11) is 0. The summed E-state index contributed by atoms with van der Waals surface area (Å²) in [6.07, 6.45) is 6.79. The zero-order valence-corrected chi connectivity index (χ0v) is 14.7. The number of nitrogens with one attached hydrogen (secondary N) is 1. The Balaban J connectivity index is 2.44. The van der Waals surface area contributed by atoms with Gasteiger partial charge in [-0.15, -0.1) is 0 Å². The lowest BCUT2D eigenvalue weighted by Crippen LogP contribution is -2.46. The largest absolute Gasteiger partial charge is 0.316 e. The van der Waals surface area contributed by atoms with Crippen molar-refractivity contribution in [1.29, 1.82) is 0 Å². The maximum Gasteiger partial charge on any atom is 0.00499 e. The zero-order chi connectivity index (χ0) is 15.0. The highest BCUT2D eigenvalue weighted by Gasteiger charge is 2.30. The van der Waals surface area contributed by atoms with E-state index < -0.39 is 0 Å². The van der Waals surface area contributed by atoms with Crippen molar-refractivity contribution in [3.8, 4) is 0 Å². The van der Waals surface area contributed by atoms with E-state index in [0.717, 1.165) is 18.4 Å². The predicted molar refractivity (Wildman–Crippen MR) is 90.2 cm³/mol. The Kier molecular flexibility index (Phi) is 8.13. The third-order valence-electron chi connectivity index (χ3n) is 5.40. The molecular formula is C18H38N2. The van der Waals surface area contributed by atoms with Gasteiger partial charge in [0.15, 0.2) is 0 Å². The average Bonchev–Trinajstić information content (AvgIpc) is 2.46. The molecule has 120 valence electrons. The summed E-state index contributed by atoms with van der Waals surface area (Å²) >= 11 is 0. The summed E-state index contributed by atoms with van der Waals surface area (Å²) in [4.78, 5) is 2.73. The molecule has 0 aromatic heterocycles. The Hall–Kier alpha value is -0.0800. The second kappa shape index (κ2) is 9.04. The molecule has 1 saturated heterocycles. The molecule has 0 amide bonds. The Morgan fingerprint density at radius 2 is 1.70 bits per heavy atom. The highest BCUT2D eigenvalue weighted by molar-refractivity contribution is 4.85. The van der Waals surface area contributed by atoms with E-state index in [2.05, 4.69) is 44.8 Å². The molecule has 1 heterocycles. The van der Waals surface area contributed by atoms with Gasteiger partial charge in [0.1, 0.15) is 0 Å². The summed E-state index contributed by atoms with van der Waals surface area (Å²) in [5.74, 6) is 1.74. The minimum atomic E-state index is 0.480. The fourth-order valence-electron chi connectivity index (χ4n) is 3.43. The van der Waals surface area contributed by atoms with E-state index in [1.807, 2.05) is 0 Å². The van der Waals surface area contributed by atoms with Crippen molar-refractivity contribution >= 4 is 0 Å². The van der Waals surface area contributed by atoms with Gasteiger partial charge >= 0.3 is 0 Å². The second-order valence-electron chi connectivity index (χ2n) is 7.36. The van der Waals surface area contributed by atoms with Crippen molar-refractivity contribution in [3.63, 3.8) is 0 Å². The Labute approximate surface area is 127 Å². The number of rotatable bonds is 9. The van der Waals surface area contributed by atoms with Gasteiger partial charge in [-0.05, 0) is 62.6 Å². The minimum absolute atomic E-state index is 0.480. The van der Waals surface area contributed by atoms with Crippen LogP contribution in [-0.2, 0) is 0 Å². The maximum absolute atomic E-state index is 3.71. The zero-order valence-electron chi connectivity index (χ0n) is 14.7. The minimum Gasteiger partial charge on any atom is -0.316 e. The highest BCUT2D eigenvalue weighted by Crippen LogP contribution is 2.29. The van der Waals surface area contributed by atoms with E-state index in [-0.39, 0.29) is 0 Å². The van der Waals surface area contributed by atoms with Crippen molar-refractivity contribution in [2.45, 2.75) is 66.7 Å². The van der Waals surface area contributed by atoms with Crippen LogP contribution in [0, 0.1) is 17.3 Å². The normalized spacial score (nSPS) is 18.9. The van der Waals surface area contributed by atoms with Crippen molar-refractivity contribution in [2.24, 2.45) is 17.3 Å². The number of likely N-dealkylation sites (tertiary alicyclic amines) is 1. The number of piperidine rings is 1. The topological polar surface area (TPSA) is 15.3 Å². The first-order chi connectivity index (χ1) is 9.55. The summed E-state index contributed by atoms with van der Waals surface area (Å²) in [5, 5.41) is 3.71. The van der Waals surface area contributed by atoms with Gasteiger partial charge in [0.25, 0.3) is 0 Å². The van der Waals surface area contributed by atoms with Crippen LogP contribution in [0.5, 0.6) is 0 Å². The first kappa shape index (κ1) is 18.0. The molecule has 0 atom stereocenters. The third-order valence-corrected chi connectivity index (χ3v) is 5.40. The van der Waals surface area contributed by atoms with Gasteiger partial charge in [0, 0.05) is 13.1 Å². The van der Waals surface area contributed by atoms with E-state index in [1.165, 1.54) is 58.3 Å². The smallest absolute Gasteiger partial charge is 0.00499 e. The third kappa shape index (κ3) is 5.73. The molecule has 0 aromatic carbocycles. The van der Waals surface area contributed by atoms with Gasteiger partial charge in [0.05, 0.1) is 0 Å². The van der Waals surface area contributed by atoms with Gasteiger partial charge in [-0.1, -0.05) is 41.0 Å². The predicted octanol–water partition coefficient (Wildman–Crippen LogP) is 4.16. The summed E-state index contributed by atoms with van der Waals surface area (Å²) in [6.45, 7) is 18.0. The van der Waals surface area contributed by atoms with Crippen LogP contribution in [0.25, 0.3) is 0 Å². The van der Waals surface area contributed by atoms with E-state index >= 15 is 0 Å². The first-order valence-electron chi connectivity index (χ1n) is 8.98. The number of hydrogen-bond donors (Lipinski definition) is 1. The molecule has 0 aliphatic carbocycles. The van der Waals surface area contributed by atoms with Crippen LogP contribution in [0.1, 0.15) is 66.7 Å². The summed E-state index contributed by atoms with van der Waals surface area (Å²) in [6, 6.07) is 0. The molecule has 2 heteroatoms. The molecule has 1 aliphatic heterocycles. The molecule has 0 bridgehead atoms. The number of hydrogen-bond acceptors (Lipinski definition) is 2. The lowest BCUT2D eigenvalue weighted by molar-refractivity contribution is 0.0988. The molecule has 0 radical (unpaired) electrons. The molecule has 2 nitrogen and oxygen atoms in total. The molecule has 1 N–H and O–H groups in total. The number of nitrogens with zero attached hydrogens (tertiary/aromatic N) is 1. The summed E-state index contributed by atoms with van der Waals surface area (Å²) in [5.41, 5.74) is 0.480. The van der Waals surface area contributed by atoms with Crippen molar-refractivity contribution in [3.05, 3.63) is 0 Å². The molecular weight excluding hydrogens is 244 g/mol. The highest BCUT2D eigenvalue weighted by atomic mass is 15.1. The van der Waals surface area contributed by atoms with E-state index in [1.54, 1.807) is 0 Å². The van der Waals surface area contributed by atoms with Crippen LogP contribution in [0.2, 0.25) is 0 Å². The molecule has 1 rings (SSSR count). The Morgan fingerprint density at radius 1 is 1.10 bits per heavy atom. The molecule has 0 saturated carbocycles. The fourth-order valence-corrected chi connectivity index (χ4v) is 3.43. The molecule has 1 fully saturated rings. The van der Waals surface area contributed by atoms with Gasteiger partial charge in [-0.25, -0.2) is 0 Å². The quantitative estimate of drug-likeness (QED) is 0.683. The van der Waals surface area contributed by atoms with E-state index in [9.17, 15) is 0 Å². The Bertz CT molecular complexity index is 238. The standard InChI is InChI=1S/C18H38N2/c1-6-17-9-11-20(12-10-17)15-18(7-2,8-3)14-19-13-16(4)5/h16-17,19H,6-15H2,1-5H3. The fraction of sp³-hybridized carbons (Fsp3) is 1.00. The molecule has 0 spiro atoms. The lowest BCUT2D eigenvalue weighted by atomic mass is 9.80. The average molecular weight is 283 g/mol.